The van der Waals surface area contributed by atoms with Gasteiger partial charge in [-0.05, 0) is 32.0 Å². The molecule has 0 aliphatic carbocycles. The molecule has 9 heteroatoms. The first-order valence-corrected chi connectivity index (χ1v) is 10.6. The molecule has 4 heterocycles. The molecule has 2 fully saturated rings. The fourth-order valence-corrected chi connectivity index (χ4v) is 4.04. The molecule has 3 N–H and O–H groups in total. The molecule has 0 bridgehead atoms. The third-order valence-electron chi connectivity index (χ3n) is 5.32. The number of H-pyrrole nitrogens is 1. The van der Waals surface area contributed by atoms with Crippen molar-refractivity contribution in [2.45, 2.75) is 43.9 Å². The van der Waals surface area contributed by atoms with E-state index in [1.54, 1.807) is 19.9 Å². The Kier molecular flexibility index (Phi) is 5.32. The van der Waals surface area contributed by atoms with Gasteiger partial charge in [-0.15, -0.1) is 0 Å². The van der Waals surface area contributed by atoms with Crippen LogP contribution in [0.15, 0.2) is 30.3 Å². The summed E-state index contributed by atoms with van der Waals surface area (Å²) in [5.41, 5.74) is 2.24. The number of hydrogen-bond donors (Lipinski definition) is 3. The number of pyridine rings is 1. The van der Waals surface area contributed by atoms with E-state index in [1.165, 1.54) is 0 Å². The largest absolute Gasteiger partial charge is 0.456 e. The molecule has 8 nitrogen and oxygen atoms in total. The fourth-order valence-electron chi connectivity index (χ4n) is 3.78. The second-order valence-electron chi connectivity index (χ2n) is 8.44. The normalized spacial score (nSPS) is 24.9. The van der Waals surface area contributed by atoms with Gasteiger partial charge in [0.25, 0.3) is 6.01 Å². The summed E-state index contributed by atoms with van der Waals surface area (Å²) in [6.45, 7) is 3.82. The highest BCUT2D eigenvalue weighted by atomic mass is 35.5. The van der Waals surface area contributed by atoms with E-state index in [4.69, 9.17) is 25.8 Å². The predicted octanol–water partition coefficient (Wildman–Crippen LogP) is 2.31. The summed E-state index contributed by atoms with van der Waals surface area (Å²) < 4.78 is 17.1. The minimum atomic E-state index is -1.05. The third-order valence-corrected chi connectivity index (χ3v) is 5.61. The van der Waals surface area contributed by atoms with E-state index in [-0.39, 0.29) is 30.9 Å². The summed E-state index contributed by atoms with van der Waals surface area (Å²) in [7, 11) is 0. The van der Waals surface area contributed by atoms with E-state index in [0.717, 1.165) is 11.1 Å². The van der Waals surface area contributed by atoms with Crippen LogP contribution in [0.4, 0.5) is 0 Å². The Bertz CT molecular complexity index is 1210. The third kappa shape index (κ3) is 4.18. The predicted molar refractivity (Wildman–Crippen MR) is 117 cm³/mol. The summed E-state index contributed by atoms with van der Waals surface area (Å²) >= 11 is 6.49. The molecule has 0 spiro atoms. The molecule has 1 aromatic carbocycles. The smallest absolute Gasteiger partial charge is 0.296 e. The van der Waals surface area contributed by atoms with Gasteiger partial charge in [0.1, 0.15) is 23.9 Å². The number of rotatable bonds is 3. The summed E-state index contributed by atoms with van der Waals surface area (Å²) in [6.07, 6.45) is -1.71. The number of ether oxygens (including phenoxy) is 3. The Hall–Kier alpha value is -2.67. The average molecular weight is 456 g/mol. The van der Waals surface area contributed by atoms with Crippen LogP contribution < -0.4 is 4.74 Å². The number of benzene rings is 1. The first-order chi connectivity index (χ1) is 15.3. The molecule has 0 saturated carbocycles. The van der Waals surface area contributed by atoms with Crippen LogP contribution in [0.25, 0.3) is 22.4 Å². The number of hydrogen-bond acceptors (Lipinski definition) is 7. The summed E-state index contributed by atoms with van der Waals surface area (Å²) in [6, 6.07) is 9.49. The van der Waals surface area contributed by atoms with E-state index < -0.39 is 11.7 Å². The summed E-state index contributed by atoms with van der Waals surface area (Å²) in [5.74, 6) is 5.73. The highest BCUT2D eigenvalue weighted by molar-refractivity contribution is 6.33. The zero-order valence-corrected chi connectivity index (χ0v) is 18.3. The van der Waals surface area contributed by atoms with Crippen molar-refractivity contribution in [2.24, 2.45) is 0 Å². The summed E-state index contributed by atoms with van der Waals surface area (Å²) in [4.78, 5) is 12.1. The summed E-state index contributed by atoms with van der Waals surface area (Å²) in [5, 5.41) is 20.1. The molecule has 1 unspecified atom stereocenters. The Labute approximate surface area is 189 Å². The van der Waals surface area contributed by atoms with Crippen LogP contribution in [0.1, 0.15) is 19.4 Å². The second-order valence-corrected chi connectivity index (χ2v) is 8.85. The van der Waals surface area contributed by atoms with Crippen LogP contribution in [0.3, 0.4) is 0 Å². The van der Waals surface area contributed by atoms with Crippen molar-refractivity contribution in [3.63, 3.8) is 0 Å². The number of fused-ring (bicyclic) bond motifs is 2. The van der Waals surface area contributed by atoms with E-state index >= 15 is 0 Å². The number of aliphatic hydroxyl groups is 2. The van der Waals surface area contributed by atoms with Gasteiger partial charge in [0.2, 0.25) is 0 Å². The van der Waals surface area contributed by atoms with Crippen LogP contribution in [0.5, 0.6) is 6.01 Å². The van der Waals surface area contributed by atoms with E-state index in [9.17, 15) is 10.2 Å². The van der Waals surface area contributed by atoms with Gasteiger partial charge < -0.3 is 29.4 Å². The van der Waals surface area contributed by atoms with Gasteiger partial charge >= 0.3 is 0 Å². The highest BCUT2D eigenvalue weighted by Gasteiger charge is 2.48. The molecule has 5 rings (SSSR count). The molecule has 3 aromatic rings. The maximum Gasteiger partial charge on any atom is 0.296 e. The lowest BCUT2D eigenvalue weighted by molar-refractivity contribution is 0.00706. The molecule has 2 aromatic heterocycles. The number of nitrogens with zero attached hydrogens (tertiary/aromatic N) is 2. The number of halogens is 1. The van der Waals surface area contributed by atoms with Crippen molar-refractivity contribution < 1.29 is 24.4 Å². The number of aromatic nitrogens is 3. The van der Waals surface area contributed by atoms with Crippen molar-refractivity contribution in [3.05, 3.63) is 40.9 Å². The van der Waals surface area contributed by atoms with Gasteiger partial charge in [-0.25, -0.2) is 4.98 Å². The quantitative estimate of drug-likeness (QED) is 0.520. The lowest BCUT2D eigenvalue weighted by Gasteiger charge is -2.15. The number of aliphatic hydroxyl groups excluding tert-OH is 1. The van der Waals surface area contributed by atoms with E-state index in [1.807, 2.05) is 24.3 Å². The van der Waals surface area contributed by atoms with Crippen LogP contribution in [-0.4, -0.2) is 68.4 Å². The van der Waals surface area contributed by atoms with Crippen LogP contribution in [0, 0.1) is 11.8 Å². The number of aromatic amines is 1. The van der Waals surface area contributed by atoms with Gasteiger partial charge in [-0.2, -0.15) is 4.98 Å². The van der Waals surface area contributed by atoms with Crippen LogP contribution >= 0.6 is 11.6 Å². The Morgan fingerprint density at radius 1 is 1.16 bits per heavy atom. The monoisotopic (exact) mass is 455 g/mol. The minimum Gasteiger partial charge on any atom is -0.456 e. The molecule has 0 amide bonds. The molecule has 0 radical (unpaired) electrons. The lowest BCUT2D eigenvalue weighted by Crippen LogP contribution is -2.34. The van der Waals surface area contributed by atoms with Crippen LogP contribution in [-0.2, 0) is 9.47 Å². The topological polar surface area (TPSA) is 110 Å². The van der Waals surface area contributed by atoms with Crippen molar-refractivity contribution in [2.75, 3.05) is 13.2 Å². The van der Waals surface area contributed by atoms with E-state index in [2.05, 4.69) is 26.8 Å². The van der Waals surface area contributed by atoms with Gasteiger partial charge in [-0.1, -0.05) is 35.6 Å². The zero-order chi connectivity index (χ0) is 22.5. The molecule has 2 aliphatic rings. The van der Waals surface area contributed by atoms with Crippen LogP contribution in [0.2, 0.25) is 5.02 Å². The Balaban J connectivity index is 1.37. The molecular formula is C23H22ClN3O5. The van der Waals surface area contributed by atoms with Gasteiger partial charge in [-0.3, -0.25) is 0 Å². The standard InChI is InChI=1S/C23H22ClN3O5/c1-23(2,29)8-7-12-3-5-13(6-4-12)18-14(24)9-15-21(26-18)27-22(25-15)32-17-11-31-19-16(28)10-30-20(17)19/h3-6,9,16-17,19-20,28-29H,10-11H2,1-2H3,(H,25,26,27)/t16-,17-,19?,20-/m1/s1. The van der Waals surface area contributed by atoms with Crippen molar-refractivity contribution in [1.82, 2.24) is 15.0 Å². The molecule has 32 heavy (non-hydrogen) atoms. The molecule has 166 valence electrons. The van der Waals surface area contributed by atoms with Crippen molar-refractivity contribution >= 4 is 22.8 Å². The zero-order valence-electron chi connectivity index (χ0n) is 17.5. The average Bonchev–Trinajstić information content (AvgIpc) is 3.43. The Morgan fingerprint density at radius 2 is 1.91 bits per heavy atom. The Morgan fingerprint density at radius 3 is 2.66 bits per heavy atom. The number of nitrogens with one attached hydrogen (secondary N) is 1. The maximum absolute atomic E-state index is 9.88. The van der Waals surface area contributed by atoms with Crippen molar-refractivity contribution in [3.8, 4) is 29.1 Å². The van der Waals surface area contributed by atoms with Gasteiger partial charge in [0.05, 0.1) is 29.4 Å². The molecular weight excluding hydrogens is 434 g/mol. The molecule has 2 saturated heterocycles. The maximum atomic E-state index is 9.88. The van der Waals surface area contributed by atoms with Gasteiger partial charge in [0, 0.05) is 11.1 Å². The highest BCUT2D eigenvalue weighted by Crippen LogP contribution is 2.32. The number of imidazole rings is 1. The van der Waals surface area contributed by atoms with Crippen molar-refractivity contribution in [1.29, 1.82) is 0 Å². The molecule has 4 atom stereocenters. The SMILES string of the molecule is CC(C)(O)C#Cc1ccc(-c2nc3nc(O[C@@H]4COC5[C@H](O)CO[C@@H]54)[nH]c3cc2Cl)cc1. The van der Waals surface area contributed by atoms with Gasteiger partial charge in [0.15, 0.2) is 11.8 Å². The van der Waals surface area contributed by atoms with E-state index in [0.29, 0.717) is 28.5 Å². The minimum absolute atomic E-state index is 0.234. The lowest BCUT2D eigenvalue weighted by atomic mass is 10.1. The molecule has 2 aliphatic heterocycles. The first kappa shape index (κ1) is 21.2. The fraction of sp³-hybridized carbons (Fsp3) is 0.391. The second kappa shape index (κ2) is 8.03. The first-order valence-electron chi connectivity index (χ1n) is 10.3.